The average Bonchev–Trinajstić information content (AvgIpc) is 2.70. The van der Waals surface area contributed by atoms with E-state index < -0.39 is 36.8 Å². The molecule has 0 amide bonds. The Kier molecular flexibility index (Phi) is 2.98. The normalized spacial score (nSPS) is 51.2. The van der Waals surface area contributed by atoms with Crippen molar-refractivity contribution in [1.82, 2.24) is 0 Å². The third-order valence-electron chi connectivity index (χ3n) is 3.05. The minimum Gasteiger partial charge on any atom is -0.394 e. The van der Waals surface area contributed by atoms with Gasteiger partial charge in [0.2, 0.25) is 0 Å². The van der Waals surface area contributed by atoms with Gasteiger partial charge in [-0.25, -0.2) is 0 Å². The number of rotatable bonds is 1. The van der Waals surface area contributed by atoms with Crippen molar-refractivity contribution < 1.29 is 29.9 Å². The van der Waals surface area contributed by atoms with E-state index in [0.29, 0.717) is 13.0 Å². The summed E-state index contributed by atoms with van der Waals surface area (Å²) in [5.74, 6) is -1.26. The molecule has 6 nitrogen and oxygen atoms in total. The quantitative estimate of drug-likeness (QED) is 0.406. The number of hydrogen-bond acceptors (Lipinski definition) is 6. The molecule has 2 rings (SSSR count). The summed E-state index contributed by atoms with van der Waals surface area (Å²) in [5, 5.41) is 37.8. The van der Waals surface area contributed by atoms with Gasteiger partial charge in [0.05, 0.1) is 13.2 Å². The Hall–Kier alpha value is -0.240. The van der Waals surface area contributed by atoms with Gasteiger partial charge in [0.15, 0.2) is 5.79 Å². The van der Waals surface area contributed by atoms with Gasteiger partial charge in [-0.15, -0.1) is 0 Å². The zero-order valence-electron chi connectivity index (χ0n) is 8.24. The molecule has 2 aliphatic rings. The van der Waals surface area contributed by atoms with E-state index in [2.05, 4.69) is 0 Å². The second kappa shape index (κ2) is 3.97. The molecule has 15 heavy (non-hydrogen) atoms. The Morgan fingerprint density at radius 3 is 2.47 bits per heavy atom. The molecule has 5 atom stereocenters. The van der Waals surface area contributed by atoms with Crippen LogP contribution >= 0.6 is 0 Å². The highest BCUT2D eigenvalue weighted by atomic mass is 16.7. The Morgan fingerprint density at radius 1 is 1.20 bits per heavy atom. The van der Waals surface area contributed by atoms with E-state index in [1.165, 1.54) is 0 Å². The maximum Gasteiger partial charge on any atom is 0.197 e. The van der Waals surface area contributed by atoms with Gasteiger partial charge in [-0.1, -0.05) is 0 Å². The summed E-state index contributed by atoms with van der Waals surface area (Å²) in [6, 6.07) is 0. The largest absolute Gasteiger partial charge is 0.394 e. The van der Waals surface area contributed by atoms with E-state index >= 15 is 0 Å². The molecule has 0 bridgehead atoms. The lowest BCUT2D eigenvalue weighted by Gasteiger charge is -2.45. The highest BCUT2D eigenvalue weighted by molar-refractivity contribution is 4.98. The van der Waals surface area contributed by atoms with Gasteiger partial charge in [0, 0.05) is 6.42 Å². The van der Waals surface area contributed by atoms with Crippen molar-refractivity contribution in [3.63, 3.8) is 0 Å². The van der Waals surface area contributed by atoms with Crippen LogP contribution in [0.5, 0.6) is 0 Å². The van der Waals surface area contributed by atoms with Crippen molar-refractivity contribution in [2.75, 3.05) is 13.2 Å². The molecule has 0 aromatic carbocycles. The van der Waals surface area contributed by atoms with Crippen molar-refractivity contribution in [1.29, 1.82) is 0 Å². The van der Waals surface area contributed by atoms with Gasteiger partial charge in [0.25, 0.3) is 0 Å². The summed E-state index contributed by atoms with van der Waals surface area (Å²) in [6.45, 7) is 0.0219. The first-order valence-corrected chi connectivity index (χ1v) is 5.07. The number of hydrogen-bond donors (Lipinski definition) is 4. The molecule has 0 unspecified atom stereocenters. The van der Waals surface area contributed by atoms with Gasteiger partial charge < -0.3 is 29.9 Å². The van der Waals surface area contributed by atoms with Crippen LogP contribution in [-0.4, -0.2) is 63.8 Å². The van der Waals surface area contributed by atoms with Crippen molar-refractivity contribution in [3.05, 3.63) is 0 Å². The first-order chi connectivity index (χ1) is 7.10. The molecule has 0 saturated carbocycles. The Labute approximate surface area is 87.1 Å². The van der Waals surface area contributed by atoms with E-state index in [9.17, 15) is 15.3 Å². The fraction of sp³-hybridized carbons (Fsp3) is 1.00. The van der Waals surface area contributed by atoms with Crippen LogP contribution in [0.2, 0.25) is 0 Å². The zero-order chi connectivity index (χ0) is 11.1. The first-order valence-electron chi connectivity index (χ1n) is 5.07. The maximum absolute atomic E-state index is 9.77. The summed E-state index contributed by atoms with van der Waals surface area (Å²) < 4.78 is 10.6. The number of ether oxygens (including phenoxy) is 2. The van der Waals surface area contributed by atoms with Crippen LogP contribution in [-0.2, 0) is 9.47 Å². The maximum atomic E-state index is 9.77. The Balaban J connectivity index is 2.19. The number of aliphatic hydroxyl groups is 4. The predicted octanol–water partition coefficient (Wildman–Crippen LogP) is -2.03. The molecule has 6 heteroatoms. The van der Waals surface area contributed by atoms with Crippen LogP contribution in [0.3, 0.4) is 0 Å². The highest BCUT2D eigenvalue weighted by Crippen LogP contribution is 2.38. The van der Waals surface area contributed by atoms with Gasteiger partial charge in [-0.05, 0) is 6.42 Å². The van der Waals surface area contributed by atoms with E-state index in [-0.39, 0.29) is 0 Å². The van der Waals surface area contributed by atoms with Crippen molar-refractivity contribution >= 4 is 0 Å². The van der Waals surface area contributed by atoms with Crippen LogP contribution in [0.25, 0.3) is 0 Å². The third kappa shape index (κ3) is 1.67. The van der Waals surface area contributed by atoms with Crippen LogP contribution in [0.1, 0.15) is 12.8 Å². The standard InChI is InChI=1S/C9H16O6/c10-4-5-6(11)7(12)8(13)9(15-5)2-1-3-14-9/h5-8,10-13H,1-4H2/t5-,6+,7+,8-,9+/m1/s1. The van der Waals surface area contributed by atoms with Crippen molar-refractivity contribution in [2.45, 2.75) is 43.0 Å². The van der Waals surface area contributed by atoms with Crippen molar-refractivity contribution in [3.8, 4) is 0 Å². The molecular weight excluding hydrogens is 204 g/mol. The van der Waals surface area contributed by atoms with E-state index in [1.54, 1.807) is 0 Å². The molecular formula is C9H16O6. The lowest BCUT2D eigenvalue weighted by atomic mass is 9.91. The van der Waals surface area contributed by atoms with Gasteiger partial charge in [0.1, 0.15) is 24.4 Å². The lowest BCUT2D eigenvalue weighted by Crippen LogP contribution is -2.64. The van der Waals surface area contributed by atoms with E-state index in [0.717, 1.165) is 6.42 Å². The molecule has 2 fully saturated rings. The fourth-order valence-corrected chi connectivity index (χ4v) is 2.17. The topological polar surface area (TPSA) is 99.4 Å². The lowest BCUT2D eigenvalue weighted by molar-refractivity contribution is -0.349. The zero-order valence-corrected chi connectivity index (χ0v) is 8.24. The molecule has 4 N–H and O–H groups in total. The molecule has 0 radical (unpaired) electrons. The van der Waals surface area contributed by atoms with Crippen LogP contribution in [0.15, 0.2) is 0 Å². The second-order valence-electron chi connectivity index (χ2n) is 4.03. The van der Waals surface area contributed by atoms with E-state index in [1.807, 2.05) is 0 Å². The minimum absolute atomic E-state index is 0.421. The molecule has 0 aliphatic carbocycles. The summed E-state index contributed by atoms with van der Waals surface area (Å²) in [5.41, 5.74) is 0. The van der Waals surface area contributed by atoms with Crippen LogP contribution < -0.4 is 0 Å². The Bertz CT molecular complexity index is 225. The van der Waals surface area contributed by atoms with E-state index in [4.69, 9.17) is 14.6 Å². The second-order valence-corrected chi connectivity index (χ2v) is 4.03. The predicted molar refractivity (Wildman–Crippen MR) is 47.9 cm³/mol. The summed E-state index contributed by atoms with van der Waals surface area (Å²) in [4.78, 5) is 0. The Morgan fingerprint density at radius 2 is 1.93 bits per heavy atom. The molecule has 0 aromatic rings. The fourth-order valence-electron chi connectivity index (χ4n) is 2.17. The molecule has 2 saturated heterocycles. The summed E-state index contributed by atoms with van der Waals surface area (Å²) in [7, 11) is 0. The third-order valence-corrected chi connectivity index (χ3v) is 3.05. The van der Waals surface area contributed by atoms with Crippen molar-refractivity contribution in [2.24, 2.45) is 0 Å². The van der Waals surface area contributed by atoms with Crippen LogP contribution in [0.4, 0.5) is 0 Å². The minimum atomic E-state index is -1.35. The van der Waals surface area contributed by atoms with Gasteiger partial charge in [-0.2, -0.15) is 0 Å². The molecule has 88 valence electrons. The smallest absolute Gasteiger partial charge is 0.197 e. The van der Waals surface area contributed by atoms with Gasteiger partial charge in [-0.3, -0.25) is 0 Å². The van der Waals surface area contributed by atoms with Crippen LogP contribution in [0, 0.1) is 0 Å². The summed E-state index contributed by atoms with van der Waals surface area (Å²) >= 11 is 0. The molecule has 2 aliphatic heterocycles. The average molecular weight is 220 g/mol. The first kappa shape index (κ1) is 11.3. The van der Waals surface area contributed by atoms with Gasteiger partial charge >= 0.3 is 0 Å². The number of aliphatic hydroxyl groups excluding tert-OH is 4. The molecule has 2 heterocycles. The SMILES string of the molecule is OC[C@H]1O[C@@]2(CCCO2)[C@H](O)[C@@H](O)[C@H]1O. The molecule has 1 spiro atoms. The molecule has 0 aromatic heterocycles. The highest BCUT2D eigenvalue weighted by Gasteiger charge is 2.55. The summed E-state index contributed by atoms with van der Waals surface area (Å²) in [6.07, 6.45) is -3.67. The monoisotopic (exact) mass is 220 g/mol.